The topological polar surface area (TPSA) is 101 Å². The van der Waals surface area contributed by atoms with Gasteiger partial charge >= 0.3 is 10.1 Å². The van der Waals surface area contributed by atoms with Crippen LogP contribution in [0.2, 0.25) is 0 Å². The molecule has 192 valence electrons. The Bertz CT molecular complexity index is 1270. The summed E-state index contributed by atoms with van der Waals surface area (Å²) >= 11 is 6.16. The van der Waals surface area contributed by atoms with Crippen LogP contribution in [0.4, 0.5) is 0 Å². The number of rotatable bonds is 6. The summed E-state index contributed by atoms with van der Waals surface area (Å²) in [6.07, 6.45) is 9.03. The standard InChI is InChI=1S/C24H27I3O6S2/c25-17-11-21(26)23(27)22(12-17)35(31,32)33-18-13-19(15-7-3-1-4-8-15)24(34(28,29)30)20(14-18)16-9-5-2-6-10-16/h11-16H,1-10H2,(H,28,29,30)/p-1. The van der Waals surface area contributed by atoms with E-state index in [2.05, 4.69) is 45.2 Å². The van der Waals surface area contributed by atoms with Crippen LogP contribution in [0.1, 0.15) is 87.2 Å². The molecule has 4 rings (SSSR count). The molecule has 0 saturated heterocycles. The predicted octanol–water partition coefficient (Wildman–Crippen LogP) is 7.27. The monoisotopic (exact) mass is 855 g/mol. The highest BCUT2D eigenvalue weighted by Crippen LogP contribution is 2.44. The quantitative estimate of drug-likeness (QED) is 0.131. The second kappa shape index (κ2) is 11.6. The molecule has 0 spiro atoms. The van der Waals surface area contributed by atoms with Gasteiger partial charge < -0.3 is 8.74 Å². The molecule has 0 aromatic heterocycles. The van der Waals surface area contributed by atoms with E-state index in [1.165, 1.54) is 12.1 Å². The van der Waals surface area contributed by atoms with Crippen molar-refractivity contribution in [1.29, 1.82) is 0 Å². The maximum atomic E-state index is 13.4. The lowest BCUT2D eigenvalue weighted by molar-refractivity contribution is 0.413. The summed E-state index contributed by atoms with van der Waals surface area (Å²) in [6, 6.07) is 6.45. The van der Waals surface area contributed by atoms with Crippen molar-refractivity contribution in [3.05, 3.63) is 46.1 Å². The molecule has 0 radical (unpaired) electrons. The first-order valence-electron chi connectivity index (χ1n) is 11.7. The molecular formula is C24H26I3O6S2-. The maximum absolute atomic E-state index is 13.4. The van der Waals surface area contributed by atoms with E-state index in [1.807, 2.05) is 28.7 Å². The van der Waals surface area contributed by atoms with Crippen molar-refractivity contribution >= 4 is 88.0 Å². The van der Waals surface area contributed by atoms with Crippen molar-refractivity contribution < 1.29 is 25.6 Å². The van der Waals surface area contributed by atoms with E-state index in [1.54, 1.807) is 6.07 Å². The van der Waals surface area contributed by atoms with Gasteiger partial charge in [0.2, 0.25) is 0 Å². The minimum atomic E-state index is -4.75. The van der Waals surface area contributed by atoms with Gasteiger partial charge in [-0.1, -0.05) is 38.5 Å². The third-order valence-corrected chi connectivity index (χ3v) is 13.2. The van der Waals surface area contributed by atoms with Crippen molar-refractivity contribution in [1.82, 2.24) is 0 Å². The first-order chi connectivity index (χ1) is 16.5. The lowest BCUT2D eigenvalue weighted by Crippen LogP contribution is -2.18. The van der Waals surface area contributed by atoms with Gasteiger partial charge in [-0.3, -0.25) is 0 Å². The molecule has 2 aromatic carbocycles. The molecule has 0 aliphatic heterocycles. The Labute approximate surface area is 248 Å². The summed E-state index contributed by atoms with van der Waals surface area (Å²) in [5.41, 5.74) is 0.861. The van der Waals surface area contributed by atoms with Crippen LogP contribution in [-0.4, -0.2) is 21.4 Å². The maximum Gasteiger partial charge on any atom is 0.340 e. The van der Waals surface area contributed by atoms with Crippen LogP contribution in [0.3, 0.4) is 0 Å². The molecule has 2 fully saturated rings. The van der Waals surface area contributed by atoms with Crippen molar-refractivity contribution in [3.63, 3.8) is 0 Å². The van der Waals surface area contributed by atoms with Crippen LogP contribution in [0.15, 0.2) is 34.1 Å². The third kappa shape index (κ3) is 6.66. The Morgan fingerprint density at radius 1 is 0.743 bits per heavy atom. The van der Waals surface area contributed by atoms with Crippen molar-refractivity contribution in [2.75, 3.05) is 0 Å². The number of halogens is 3. The van der Waals surface area contributed by atoms with Gasteiger partial charge in [0.1, 0.15) is 20.8 Å². The average Bonchev–Trinajstić information content (AvgIpc) is 2.81. The van der Waals surface area contributed by atoms with Gasteiger partial charge in [-0.15, -0.1) is 0 Å². The van der Waals surface area contributed by atoms with E-state index in [4.69, 9.17) is 4.18 Å². The lowest BCUT2D eigenvalue weighted by Gasteiger charge is -2.31. The third-order valence-electron chi connectivity index (χ3n) is 6.89. The summed E-state index contributed by atoms with van der Waals surface area (Å²) < 4.78 is 72.3. The largest absolute Gasteiger partial charge is 0.744 e. The van der Waals surface area contributed by atoms with E-state index in [0.717, 1.165) is 71.3 Å². The van der Waals surface area contributed by atoms with Gasteiger partial charge in [0.15, 0.2) is 0 Å². The summed E-state index contributed by atoms with van der Waals surface area (Å²) in [5, 5.41) is 0. The first kappa shape index (κ1) is 28.3. The van der Waals surface area contributed by atoms with Crippen LogP contribution in [-0.2, 0) is 20.2 Å². The number of hydrogen-bond donors (Lipinski definition) is 0. The molecule has 0 N–H and O–H groups in total. The molecule has 2 aliphatic carbocycles. The number of benzene rings is 2. The molecule has 2 aliphatic rings. The highest BCUT2D eigenvalue weighted by molar-refractivity contribution is 14.1. The Morgan fingerprint density at radius 3 is 1.69 bits per heavy atom. The highest BCUT2D eigenvalue weighted by atomic mass is 127. The zero-order valence-electron chi connectivity index (χ0n) is 18.9. The van der Waals surface area contributed by atoms with Crippen molar-refractivity contribution in [3.8, 4) is 5.75 Å². The van der Waals surface area contributed by atoms with Crippen molar-refractivity contribution in [2.45, 2.75) is 85.8 Å². The van der Waals surface area contributed by atoms with Gasteiger partial charge in [0.05, 0.1) is 4.90 Å². The van der Waals surface area contributed by atoms with Gasteiger partial charge in [0.25, 0.3) is 0 Å². The van der Waals surface area contributed by atoms with Crippen LogP contribution in [0.5, 0.6) is 5.75 Å². The molecule has 35 heavy (non-hydrogen) atoms. The molecule has 0 heterocycles. The number of hydrogen-bond acceptors (Lipinski definition) is 6. The minimum absolute atomic E-state index is 0.0772. The first-order valence-corrected chi connectivity index (χ1v) is 17.8. The molecular weight excluding hydrogens is 829 g/mol. The zero-order chi connectivity index (χ0) is 25.4. The van der Waals surface area contributed by atoms with Crippen LogP contribution >= 0.6 is 67.8 Å². The SMILES string of the molecule is O=S(=O)([O-])c1c(C2CCCCC2)cc(OS(=O)(=O)c2cc(I)cc(I)c2I)cc1C1CCCCC1. The molecule has 2 saturated carbocycles. The van der Waals surface area contributed by atoms with Crippen LogP contribution in [0, 0.1) is 10.7 Å². The lowest BCUT2D eigenvalue weighted by atomic mass is 9.79. The second-order valence-electron chi connectivity index (χ2n) is 9.29. The molecule has 0 amide bonds. The zero-order valence-corrected chi connectivity index (χ0v) is 27.0. The van der Waals surface area contributed by atoms with E-state index in [-0.39, 0.29) is 27.4 Å². The van der Waals surface area contributed by atoms with Gasteiger partial charge in [0, 0.05) is 10.7 Å². The smallest absolute Gasteiger partial charge is 0.340 e. The van der Waals surface area contributed by atoms with E-state index < -0.39 is 20.2 Å². The molecule has 0 bridgehead atoms. The second-order valence-corrected chi connectivity index (χ2v) is 15.6. The molecule has 2 aromatic rings. The van der Waals surface area contributed by atoms with Gasteiger partial charge in [-0.05, 0) is 141 Å². The normalized spacial score (nSPS) is 18.5. The van der Waals surface area contributed by atoms with E-state index >= 15 is 0 Å². The molecule has 0 unspecified atom stereocenters. The summed E-state index contributed by atoms with van der Waals surface area (Å²) in [6.45, 7) is 0. The van der Waals surface area contributed by atoms with Crippen LogP contribution < -0.4 is 4.18 Å². The molecule has 11 heteroatoms. The Hall–Kier alpha value is 0.290. The van der Waals surface area contributed by atoms with E-state index in [9.17, 15) is 21.4 Å². The Morgan fingerprint density at radius 2 is 1.23 bits per heavy atom. The van der Waals surface area contributed by atoms with Gasteiger partial charge in [-0.2, -0.15) is 8.42 Å². The summed E-state index contributed by atoms with van der Waals surface area (Å²) in [5.74, 6) is -0.118. The van der Waals surface area contributed by atoms with Crippen LogP contribution in [0.25, 0.3) is 0 Å². The minimum Gasteiger partial charge on any atom is -0.744 e. The average molecular weight is 855 g/mol. The van der Waals surface area contributed by atoms with E-state index in [0.29, 0.717) is 14.7 Å². The highest BCUT2D eigenvalue weighted by Gasteiger charge is 2.30. The fourth-order valence-corrected chi connectivity index (χ4v) is 10.7. The van der Waals surface area contributed by atoms with Crippen molar-refractivity contribution in [2.24, 2.45) is 0 Å². The summed E-state index contributed by atoms with van der Waals surface area (Å²) in [7, 11) is -8.93. The van der Waals surface area contributed by atoms with Gasteiger partial charge in [-0.25, -0.2) is 8.42 Å². The Balaban J connectivity index is 1.87. The fraction of sp³-hybridized carbons (Fsp3) is 0.500. The Kier molecular flexibility index (Phi) is 9.36. The summed E-state index contributed by atoms with van der Waals surface area (Å²) in [4.78, 5) is -0.0622. The fourth-order valence-electron chi connectivity index (χ4n) is 5.30. The predicted molar refractivity (Wildman–Crippen MR) is 158 cm³/mol. The molecule has 6 nitrogen and oxygen atoms in total. The molecule has 0 atom stereocenters.